The van der Waals surface area contributed by atoms with E-state index in [1.54, 1.807) is 0 Å². The SMILES string of the molecule is C1=C(c2cccc(-n3c4c(c5ccccc53)CCc3ccccc3-4)c2)CCC(c2cc(-c3ccccc3)c3c(c2-c2ccccc2)-c2cccc4cccc-3c24)=C1. The molecule has 0 bridgehead atoms. The zero-order valence-electron chi connectivity index (χ0n) is 31.7. The summed E-state index contributed by atoms with van der Waals surface area (Å²) in [6, 6.07) is 65.5. The van der Waals surface area contributed by atoms with Crippen molar-refractivity contribution in [3.8, 4) is 61.5 Å². The second-order valence-electron chi connectivity index (χ2n) is 15.8. The number of hydrogen-bond acceptors (Lipinski definition) is 0. The molecule has 0 amide bonds. The summed E-state index contributed by atoms with van der Waals surface area (Å²) in [6.45, 7) is 0. The van der Waals surface area contributed by atoms with Gasteiger partial charge in [0.05, 0.1) is 11.2 Å². The van der Waals surface area contributed by atoms with Crippen LogP contribution in [0.2, 0.25) is 0 Å². The number of fused-ring (bicyclic) bond motifs is 8. The van der Waals surface area contributed by atoms with Crippen molar-refractivity contribution in [3.05, 3.63) is 210 Å². The molecule has 1 heteroatoms. The Morgan fingerprint density at radius 2 is 1.04 bits per heavy atom. The summed E-state index contributed by atoms with van der Waals surface area (Å²) in [5, 5.41) is 4.03. The normalized spacial score (nSPS) is 13.9. The molecule has 3 aliphatic rings. The van der Waals surface area contributed by atoms with Gasteiger partial charge in [-0.25, -0.2) is 0 Å². The molecule has 0 saturated heterocycles. The van der Waals surface area contributed by atoms with Crippen LogP contribution in [0, 0.1) is 0 Å². The van der Waals surface area contributed by atoms with Gasteiger partial charge in [0.2, 0.25) is 0 Å². The van der Waals surface area contributed by atoms with Gasteiger partial charge >= 0.3 is 0 Å². The Bertz CT molecular complexity index is 3150. The van der Waals surface area contributed by atoms with Crippen molar-refractivity contribution in [2.75, 3.05) is 0 Å². The quantitative estimate of drug-likeness (QED) is 0.166. The summed E-state index contributed by atoms with van der Waals surface area (Å²) in [5.74, 6) is 0. The molecule has 0 aliphatic heterocycles. The molecule has 0 atom stereocenters. The monoisotopic (exact) mass is 725 g/mol. The van der Waals surface area contributed by atoms with Crippen molar-refractivity contribution >= 4 is 32.8 Å². The highest BCUT2D eigenvalue weighted by Crippen LogP contribution is 2.57. The number of benzene rings is 8. The lowest BCUT2D eigenvalue weighted by atomic mass is 9.80. The summed E-state index contributed by atoms with van der Waals surface area (Å²) in [7, 11) is 0. The molecule has 0 radical (unpaired) electrons. The largest absolute Gasteiger partial charge is 0.309 e. The van der Waals surface area contributed by atoms with Crippen LogP contribution in [0.15, 0.2) is 188 Å². The summed E-state index contributed by atoms with van der Waals surface area (Å²) in [4.78, 5) is 0. The lowest BCUT2D eigenvalue weighted by Gasteiger charge is -2.24. The first-order valence-corrected chi connectivity index (χ1v) is 20.4. The van der Waals surface area contributed by atoms with Crippen LogP contribution in [0.5, 0.6) is 0 Å². The molecule has 268 valence electrons. The van der Waals surface area contributed by atoms with Crippen LogP contribution in [-0.2, 0) is 12.8 Å². The highest BCUT2D eigenvalue weighted by atomic mass is 15.0. The lowest BCUT2D eigenvalue weighted by molar-refractivity contribution is 0.934. The van der Waals surface area contributed by atoms with Gasteiger partial charge in [0.15, 0.2) is 0 Å². The number of aromatic nitrogens is 1. The minimum atomic E-state index is 0.968. The maximum absolute atomic E-state index is 2.52. The van der Waals surface area contributed by atoms with Crippen LogP contribution in [0.25, 0.3) is 94.3 Å². The van der Waals surface area contributed by atoms with Gasteiger partial charge in [-0.1, -0.05) is 164 Å². The Morgan fingerprint density at radius 3 is 1.84 bits per heavy atom. The van der Waals surface area contributed by atoms with Crippen molar-refractivity contribution < 1.29 is 0 Å². The van der Waals surface area contributed by atoms with Crippen LogP contribution < -0.4 is 0 Å². The predicted octanol–water partition coefficient (Wildman–Crippen LogP) is 14.8. The van der Waals surface area contributed by atoms with Gasteiger partial charge in [0, 0.05) is 16.6 Å². The maximum atomic E-state index is 2.52. The molecule has 0 spiro atoms. The van der Waals surface area contributed by atoms with Crippen LogP contribution >= 0.6 is 0 Å². The molecule has 12 rings (SSSR count). The number of nitrogens with zero attached hydrogens (tertiary/aromatic N) is 1. The Labute approximate surface area is 333 Å². The highest BCUT2D eigenvalue weighted by Gasteiger charge is 2.31. The van der Waals surface area contributed by atoms with E-state index in [-0.39, 0.29) is 0 Å². The predicted molar refractivity (Wildman–Crippen MR) is 241 cm³/mol. The van der Waals surface area contributed by atoms with Crippen molar-refractivity contribution in [3.63, 3.8) is 0 Å². The first kappa shape index (κ1) is 32.3. The molecule has 0 N–H and O–H groups in total. The van der Waals surface area contributed by atoms with Crippen LogP contribution in [0.3, 0.4) is 0 Å². The Balaban J connectivity index is 1.03. The fourth-order valence-corrected chi connectivity index (χ4v) is 10.3. The van der Waals surface area contributed by atoms with E-state index in [9.17, 15) is 0 Å². The molecular weight excluding hydrogens is 687 g/mol. The first-order valence-electron chi connectivity index (χ1n) is 20.4. The molecular formula is C56H39N. The van der Waals surface area contributed by atoms with Crippen molar-refractivity contribution in [1.82, 2.24) is 4.57 Å². The van der Waals surface area contributed by atoms with E-state index >= 15 is 0 Å². The highest BCUT2D eigenvalue weighted by molar-refractivity contribution is 6.22. The zero-order chi connectivity index (χ0) is 37.5. The average Bonchev–Trinajstić information content (AvgIpc) is 3.81. The Morgan fingerprint density at radius 1 is 0.386 bits per heavy atom. The van der Waals surface area contributed by atoms with Gasteiger partial charge in [0.1, 0.15) is 0 Å². The third-order valence-corrected chi connectivity index (χ3v) is 12.8. The van der Waals surface area contributed by atoms with E-state index in [0.29, 0.717) is 0 Å². The molecule has 0 saturated carbocycles. The fourth-order valence-electron chi connectivity index (χ4n) is 10.3. The lowest BCUT2D eigenvalue weighted by Crippen LogP contribution is -2.06. The summed E-state index contributed by atoms with van der Waals surface area (Å²) >= 11 is 0. The molecule has 0 unspecified atom stereocenters. The third kappa shape index (κ3) is 4.95. The topological polar surface area (TPSA) is 4.93 Å². The number of aryl methyl sites for hydroxylation is 2. The number of allylic oxidation sites excluding steroid dienone is 4. The molecule has 1 heterocycles. The van der Waals surface area contributed by atoms with Gasteiger partial charge in [-0.15, -0.1) is 0 Å². The molecule has 57 heavy (non-hydrogen) atoms. The minimum Gasteiger partial charge on any atom is -0.309 e. The standard InChI is InChI=1S/C56H39N/c1-3-14-37(15-4-1)50-35-49(53(41-17-5-2-6-18-41)55-48-26-13-20-40-19-12-25-47(52(40)48)54(50)55)39-30-28-36(29-31-39)42-21-11-22-43(34-42)57-51-27-10-9-24-45(51)46-33-32-38-16-7-8-23-44(38)56(46)57/h1-28,30,34-35H,29,31-33H2. The van der Waals surface area contributed by atoms with Gasteiger partial charge < -0.3 is 4.57 Å². The van der Waals surface area contributed by atoms with Crippen LogP contribution in [0.1, 0.15) is 35.1 Å². The second kappa shape index (κ2) is 12.8. The average molecular weight is 726 g/mol. The number of para-hydroxylation sites is 1. The minimum absolute atomic E-state index is 0.968. The van der Waals surface area contributed by atoms with E-state index in [2.05, 4.69) is 193 Å². The third-order valence-electron chi connectivity index (χ3n) is 12.8. The fraction of sp³-hybridized carbons (Fsp3) is 0.0714. The first-order chi connectivity index (χ1) is 28.3. The molecule has 9 aromatic rings. The Kier molecular flexibility index (Phi) is 7.25. The molecule has 0 fully saturated rings. The van der Waals surface area contributed by atoms with Crippen molar-refractivity contribution in [2.24, 2.45) is 0 Å². The summed E-state index contributed by atoms with van der Waals surface area (Å²) in [5.41, 5.74) is 24.1. The zero-order valence-corrected chi connectivity index (χ0v) is 31.7. The maximum Gasteiger partial charge on any atom is 0.0575 e. The van der Waals surface area contributed by atoms with Crippen molar-refractivity contribution in [2.45, 2.75) is 25.7 Å². The van der Waals surface area contributed by atoms with Gasteiger partial charge in [0.25, 0.3) is 0 Å². The van der Waals surface area contributed by atoms with E-state index in [1.165, 1.54) is 117 Å². The van der Waals surface area contributed by atoms with Gasteiger partial charge in [-0.3, -0.25) is 0 Å². The van der Waals surface area contributed by atoms with E-state index < -0.39 is 0 Å². The van der Waals surface area contributed by atoms with Crippen LogP contribution in [0.4, 0.5) is 0 Å². The molecule has 8 aromatic carbocycles. The van der Waals surface area contributed by atoms with Gasteiger partial charge in [-0.2, -0.15) is 0 Å². The van der Waals surface area contributed by atoms with Crippen LogP contribution in [-0.4, -0.2) is 4.57 Å². The van der Waals surface area contributed by atoms with E-state index in [0.717, 1.165) is 25.7 Å². The van der Waals surface area contributed by atoms with Gasteiger partial charge in [-0.05, 0) is 139 Å². The van der Waals surface area contributed by atoms with E-state index in [1.807, 2.05) is 0 Å². The smallest absolute Gasteiger partial charge is 0.0575 e. The van der Waals surface area contributed by atoms with E-state index in [4.69, 9.17) is 0 Å². The molecule has 1 nitrogen and oxygen atoms in total. The number of hydrogen-bond donors (Lipinski definition) is 0. The number of rotatable bonds is 5. The molecule has 3 aliphatic carbocycles. The molecule has 1 aromatic heterocycles. The summed E-state index contributed by atoms with van der Waals surface area (Å²) < 4.78 is 2.52. The summed E-state index contributed by atoms with van der Waals surface area (Å²) in [6.07, 6.45) is 8.92. The second-order valence-corrected chi connectivity index (χ2v) is 15.8. The Hall–Kier alpha value is -6.96. The van der Waals surface area contributed by atoms with Crippen molar-refractivity contribution in [1.29, 1.82) is 0 Å².